The highest BCUT2D eigenvalue weighted by molar-refractivity contribution is 6.17. The molecular formula is C18H19ClN2O2. The second-order valence-corrected chi connectivity index (χ2v) is 6.45. The molecule has 0 saturated heterocycles. The fourth-order valence-corrected chi connectivity index (χ4v) is 3.29. The Morgan fingerprint density at radius 1 is 1.26 bits per heavy atom. The normalized spacial score (nSPS) is 21.4. The molecule has 2 heterocycles. The lowest BCUT2D eigenvalue weighted by atomic mass is 9.96. The van der Waals surface area contributed by atoms with E-state index in [9.17, 15) is 0 Å². The van der Waals surface area contributed by atoms with Gasteiger partial charge in [0.1, 0.15) is 0 Å². The van der Waals surface area contributed by atoms with Crippen LogP contribution in [-0.4, -0.2) is 31.9 Å². The van der Waals surface area contributed by atoms with Gasteiger partial charge in [-0.3, -0.25) is 4.99 Å². The number of hydrogen-bond donors (Lipinski definition) is 0. The number of methoxy groups -OCH3 is 1. The molecule has 1 saturated carbocycles. The Hall–Kier alpha value is -1.81. The summed E-state index contributed by atoms with van der Waals surface area (Å²) in [6, 6.07) is 4.26. The summed E-state index contributed by atoms with van der Waals surface area (Å²) in [6.07, 6.45) is 7.20. The summed E-state index contributed by atoms with van der Waals surface area (Å²) in [6.45, 7) is 0.575. The van der Waals surface area contributed by atoms with E-state index in [0.29, 0.717) is 18.4 Å². The van der Waals surface area contributed by atoms with E-state index in [0.717, 1.165) is 34.2 Å². The van der Waals surface area contributed by atoms with Gasteiger partial charge in [-0.05, 0) is 37.3 Å². The molecule has 0 spiro atoms. The van der Waals surface area contributed by atoms with Gasteiger partial charge in [-0.1, -0.05) is 0 Å². The molecule has 0 bridgehead atoms. The first kappa shape index (κ1) is 14.8. The second kappa shape index (κ2) is 6.00. The molecule has 0 N–H and O–H groups in total. The average molecular weight is 331 g/mol. The maximum atomic E-state index is 5.80. The largest absolute Gasteiger partial charge is 0.493 e. The van der Waals surface area contributed by atoms with Crippen LogP contribution >= 0.6 is 11.6 Å². The predicted molar refractivity (Wildman–Crippen MR) is 91.1 cm³/mol. The van der Waals surface area contributed by atoms with Gasteiger partial charge in [0.05, 0.1) is 30.8 Å². The van der Waals surface area contributed by atoms with E-state index >= 15 is 0 Å². The highest BCUT2D eigenvalue weighted by Gasteiger charge is 2.37. The average Bonchev–Trinajstić information content (AvgIpc) is 3.35. The van der Waals surface area contributed by atoms with Crippen LogP contribution in [0.3, 0.4) is 0 Å². The smallest absolute Gasteiger partial charge is 0.163 e. The van der Waals surface area contributed by atoms with Crippen LogP contribution in [0.1, 0.15) is 19.3 Å². The van der Waals surface area contributed by atoms with Gasteiger partial charge >= 0.3 is 0 Å². The maximum absolute atomic E-state index is 5.80. The van der Waals surface area contributed by atoms with Gasteiger partial charge in [-0.25, -0.2) is 4.99 Å². The standard InChI is InChI=1S/C18H19ClN2O2/c1-22-15-9-12-14(10-16(15)23-8-2-6-19)21-13-5-7-20-18(17(12)13)11-3-4-11/h5,7,9-11,18H,2-4,6,8H2,1H3. The number of hydrogen-bond acceptors (Lipinski definition) is 4. The Morgan fingerprint density at radius 2 is 2.13 bits per heavy atom. The Morgan fingerprint density at radius 3 is 2.87 bits per heavy atom. The predicted octanol–water partition coefficient (Wildman–Crippen LogP) is 2.23. The van der Waals surface area contributed by atoms with Crippen LogP contribution < -0.4 is 20.0 Å². The number of benzene rings is 1. The van der Waals surface area contributed by atoms with Gasteiger partial charge in [0.2, 0.25) is 0 Å². The van der Waals surface area contributed by atoms with E-state index in [-0.39, 0.29) is 6.04 Å². The SMILES string of the molecule is COc1cc2c(cc1OCCCCl)=NC1=CC=NC(C3CC3)C=21. The van der Waals surface area contributed by atoms with Crippen molar-refractivity contribution in [3.8, 4) is 11.5 Å². The summed E-state index contributed by atoms with van der Waals surface area (Å²) in [4.78, 5) is 9.46. The van der Waals surface area contributed by atoms with Crippen LogP contribution in [0.25, 0.3) is 5.57 Å². The van der Waals surface area contributed by atoms with Crippen LogP contribution in [0.2, 0.25) is 0 Å². The summed E-state index contributed by atoms with van der Waals surface area (Å²) in [7, 11) is 1.67. The third kappa shape index (κ3) is 2.65. The van der Waals surface area contributed by atoms with Crippen molar-refractivity contribution in [1.29, 1.82) is 0 Å². The minimum atomic E-state index is 0.243. The lowest BCUT2D eigenvalue weighted by molar-refractivity contribution is 0.294. The number of dihydropyridines is 1. The molecule has 1 aromatic rings. The molecule has 1 unspecified atom stereocenters. The number of halogens is 1. The van der Waals surface area contributed by atoms with Crippen molar-refractivity contribution in [1.82, 2.24) is 0 Å². The van der Waals surface area contributed by atoms with Gasteiger partial charge in [-0.2, -0.15) is 0 Å². The van der Waals surface area contributed by atoms with Crippen LogP contribution in [0.4, 0.5) is 0 Å². The highest BCUT2D eigenvalue weighted by Crippen LogP contribution is 2.41. The molecule has 1 aromatic carbocycles. The van der Waals surface area contributed by atoms with Crippen molar-refractivity contribution in [3.63, 3.8) is 0 Å². The number of aliphatic imine (C=N–C) groups is 1. The van der Waals surface area contributed by atoms with Crippen molar-refractivity contribution >= 4 is 23.4 Å². The van der Waals surface area contributed by atoms with Gasteiger partial charge in [0, 0.05) is 29.0 Å². The fourth-order valence-electron chi connectivity index (χ4n) is 3.18. The molecule has 4 nitrogen and oxygen atoms in total. The van der Waals surface area contributed by atoms with E-state index in [1.807, 2.05) is 24.4 Å². The van der Waals surface area contributed by atoms with Gasteiger partial charge < -0.3 is 9.47 Å². The first-order chi connectivity index (χ1) is 11.3. The quantitative estimate of drug-likeness (QED) is 0.593. The van der Waals surface area contributed by atoms with Crippen LogP contribution in [0.5, 0.6) is 11.5 Å². The zero-order chi connectivity index (χ0) is 15.8. The van der Waals surface area contributed by atoms with E-state index in [1.165, 1.54) is 18.4 Å². The summed E-state index contributed by atoms with van der Waals surface area (Å²) in [5.41, 5.74) is 2.28. The monoisotopic (exact) mass is 330 g/mol. The van der Waals surface area contributed by atoms with E-state index in [2.05, 4.69) is 4.99 Å². The van der Waals surface area contributed by atoms with Crippen molar-refractivity contribution in [2.24, 2.45) is 15.9 Å². The molecule has 3 aliphatic rings. The zero-order valence-corrected chi connectivity index (χ0v) is 13.8. The number of fused-ring (bicyclic) bond motifs is 2. The third-order valence-electron chi connectivity index (χ3n) is 4.47. The van der Waals surface area contributed by atoms with Crippen LogP contribution in [0, 0.1) is 5.92 Å². The van der Waals surface area contributed by atoms with Gasteiger partial charge in [0.25, 0.3) is 0 Å². The number of ether oxygens (including phenoxy) is 2. The summed E-state index contributed by atoms with van der Waals surface area (Å²) < 4.78 is 11.3. The van der Waals surface area contributed by atoms with E-state index in [4.69, 9.17) is 26.1 Å². The zero-order valence-electron chi connectivity index (χ0n) is 13.1. The molecule has 1 aliphatic carbocycles. The minimum absolute atomic E-state index is 0.243. The summed E-state index contributed by atoms with van der Waals surface area (Å²) in [5.74, 6) is 2.72. The van der Waals surface area contributed by atoms with Crippen LogP contribution in [0.15, 0.2) is 33.9 Å². The molecule has 0 aromatic heterocycles. The first-order valence-electron chi connectivity index (χ1n) is 8.05. The molecule has 23 heavy (non-hydrogen) atoms. The van der Waals surface area contributed by atoms with E-state index < -0.39 is 0 Å². The maximum Gasteiger partial charge on any atom is 0.163 e. The Balaban J connectivity index is 1.79. The molecular weight excluding hydrogens is 312 g/mol. The minimum Gasteiger partial charge on any atom is -0.493 e. The molecule has 0 amide bonds. The summed E-state index contributed by atoms with van der Waals surface area (Å²) in [5, 5.41) is 2.08. The Bertz CT molecular complexity index is 809. The number of alkyl halides is 1. The molecule has 0 radical (unpaired) electrons. The third-order valence-corrected chi connectivity index (χ3v) is 4.74. The number of rotatable bonds is 6. The second-order valence-electron chi connectivity index (χ2n) is 6.07. The first-order valence-corrected chi connectivity index (χ1v) is 8.59. The lowest BCUT2D eigenvalue weighted by Crippen LogP contribution is -2.28. The van der Waals surface area contributed by atoms with Gasteiger partial charge in [0.15, 0.2) is 11.5 Å². The molecule has 2 aliphatic heterocycles. The molecule has 4 rings (SSSR count). The van der Waals surface area contributed by atoms with Crippen molar-refractivity contribution in [3.05, 3.63) is 34.5 Å². The van der Waals surface area contributed by atoms with Crippen LogP contribution in [-0.2, 0) is 0 Å². The van der Waals surface area contributed by atoms with Crippen molar-refractivity contribution in [2.45, 2.75) is 25.3 Å². The molecule has 5 heteroatoms. The molecule has 120 valence electrons. The topological polar surface area (TPSA) is 43.2 Å². The fraction of sp³-hybridized carbons (Fsp3) is 0.444. The van der Waals surface area contributed by atoms with Crippen molar-refractivity contribution < 1.29 is 9.47 Å². The highest BCUT2D eigenvalue weighted by atomic mass is 35.5. The molecule has 1 fully saturated rings. The lowest BCUT2D eigenvalue weighted by Gasteiger charge is -2.17. The molecule has 1 atom stereocenters. The van der Waals surface area contributed by atoms with Crippen molar-refractivity contribution in [2.75, 3.05) is 19.6 Å². The summed E-state index contributed by atoms with van der Waals surface area (Å²) >= 11 is 5.72. The number of allylic oxidation sites excluding steroid dienone is 1. The van der Waals surface area contributed by atoms with Gasteiger partial charge in [-0.15, -0.1) is 11.6 Å². The Labute approximate surface area is 140 Å². The van der Waals surface area contributed by atoms with E-state index in [1.54, 1.807) is 7.11 Å². The number of nitrogens with zero attached hydrogens (tertiary/aromatic N) is 2. The Kier molecular flexibility index (Phi) is 3.85.